The number of methoxy groups -OCH3 is 1. The third-order valence-corrected chi connectivity index (χ3v) is 8.71. The Bertz CT molecular complexity index is 1760. The third-order valence-electron chi connectivity index (χ3n) is 6.72. The number of nitrogens with zero attached hydrogens (tertiary/aromatic N) is 5. The molecule has 0 radical (unpaired) electrons. The van der Waals surface area contributed by atoms with Crippen molar-refractivity contribution >= 4 is 27.3 Å². The summed E-state index contributed by atoms with van der Waals surface area (Å²) in [5, 5.41) is 6.35. The van der Waals surface area contributed by atoms with Gasteiger partial charge in [-0.2, -0.15) is 22.6 Å². The topological polar surface area (TPSA) is 145 Å². The maximum atomic E-state index is 15.0. The first kappa shape index (κ1) is 28.2. The number of fused-ring (bicyclic) bond motifs is 1. The molecule has 0 saturated carbocycles. The number of halogens is 4. The fraction of sp³-hybridized carbons (Fsp3) is 0.280. The number of aromatic nitrogens is 4. The minimum atomic E-state index is -4.79. The van der Waals surface area contributed by atoms with E-state index >= 15 is 4.39 Å². The number of amides is 1. The first-order chi connectivity index (χ1) is 19.3. The number of carbonyl (C=O) groups excluding carboxylic acids is 1. The van der Waals surface area contributed by atoms with Crippen molar-refractivity contribution in [1.82, 2.24) is 29.2 Å². The molecule has 216 valence electrons. The third kappa shape index (κ3) is 5.04. The van der Waals surface area contributed by atoms with Crippen LogP contribution in [-0.2, 0) is 16.2 Å². The highest BCUT2D eigenvalue weighted by Crippen LogP contribution is 2.39. The minimum absolute atomic E-state index is 0.0276. The average Bonchev–Trinajstić information content (AvgIpc) is 3.50. The second-order valence-corrected chi connectivity index (χ2v) is 11.2. The predicted octanol–water partition coefficient (Wildman–Crippen LogP) is 2.85. The number of nitrogens with one attached hydrogen (secondary N) is 1. The van der Waals surface area contributed by atoms with Crippen LogP contribution >= 0.6 is 0 Å². The van der Waals surface area contributed by atoms with Gasteiger partial charge in [0.2, 0.25) is 15.9 Å². The summed E-state index contributed by atoms with van der Waals surface area (Å²) < 4.78 is 89.6. The van der Waals surface area contributed by atoms with Crippen LogP contribution in [0.15, 0.2) is 53.8 Å². The van der Waals surface area contributed by atoms with Gasteiger partial charge in [0.25, 0.3) is 5.91 Å². The molecule has 3 N–H and O–H groups in total. The molecule has 2 atom stereocenters. The molecule has 11 nitrogen and oxygen atoms in total. The zero-order valence-corrected chi connectivity index (χ0v) is 22.4. The number of hydrogen-bond donors (Lipinski definition) is 2. The molecule has 0 aliphatic carbocycles. The van der Waals surface area contributed by atoms with Gasteiger partial charge in [-0.15, -0.1) is 0 Å². The zero-order valence-electron chi connectivity index (χ0n) is 21.6. The lowest BCUT2D eigenvalue weighted by molar-refractivity contribution is -0.136. The van der Waals surface area contributed by atoms with Gasteiger partial charge in [0, 0.05) is 24.8 Å². The molecular formula is C25H23F4N7O4S. The summed E-state index contributed by atoms with van der Waals surface area (Å²) >= 11 is 0. The number of sulfonamides is 1. The fourth-order valence-corrected chi connectivity index (χ4v) is 6.40. The van der Waals surface area contributed by atoms with Crippen LogP contribution in [0.3, 0.4) is 0 Å². The van der Waals surface area contributed by atoms with Crippen LogP contribution in [0.2, 0.25) is 0 Å². The van der Waals surface area contributed by atoms with E-state index in [0.29, 0.717) is 5.56 Å². The van der Waals surface area contributed by atoms with E-state index in [1.54, 1.807) is 25.1 Å². The van der Waals surface area contributed by atoms with E-state index in [9.17, 15) is 26.4 Å². The lowest BCUT2D eigenvalue weighted by Gasteiger charge is -2.18. The highest BCUT2D eigenvalue weighted by molar-refractivity contribution is 7.89. The first-order valence-corrected chi connectivity index (χ1v) is 13.5. The zero-order chi connectivity index (χ0) is 29.7. The Balaban J connectivity index is 1.46. The van der Waals surface area contributed by atoms with E-state index in [2.05, 4.69) is 20.4 Å². The van der Waals surface area contributed by atoms with Crippen molar-refractivity contribution in [2.75, 3.05) is 25.9 Å². The first-order valence-electron chi connectivity index (χ1n) is 12.1. The number of carbonyl (C=O) groups is 1. The van der Waals surface area contributed by atoms with Crippen molar-refractivity contribution in [3.8, 4) is 17.1 Å². The highest BCUT2D eigenvalue weighted by Gasteiger charge is 2.41. The number of alkyl halides is 4. The molecule has 4 aromatic rings. The molecule has 0 unspecified atom stereocenters. The summed E-state index contributed by atoms with van der Waals surface area (Å²) in [5.41, 5.74) is 4.37. The van der Waals surface area contributed by atoms with Crippen molar-refractivity contribution in [2.45, 2.75) is 30.2 Å². The van der Waals surface area contributed by atoms with Crippen molar-refractivity contribution in [3.63, 3.8) is 0 Å². The molecule has 16 heteroatoms. The molecule has 5 rings (SSSR count). The molecule has 4 heterocycles. The lowest BCUT2D eigenvalue weighted by Crippen LogP contribution is -2.42. The molecule has 1 aromatic carbocycles. The van der Waals surface area contributed by atoms with Crippen molar-refractivity contribution < 1.29 is 35.5 Å². The fourth-order valence-electron chi connectivity index (χ4n) is 4.70. The van der Waals surface area contributed by atoms with Gasteiger partial charge in [-0.25, -0.2) is 27.3 Å². The number of aryl methyl sites for hydroxylation is 1. The average molecular weight is 594 g/mol. The van der Waals surface area contributed by atoms with Gasteiger partial charge in [0.15, 0.2) is 5.82 Å². The van der Waals surface area contributed by atoms with Crippen LogP contribution in [0, 0.1) is 6.92 Å². The number of rotatable bonds is 6. The molecule has 1 aliphatic rings. The minimum Gasteiger partial charge on any atom is -0.480 e. The van der Waals surface area contributed by atoms with Gasteiger partial charge < -0.3 is 15.8 Å². The molecule has 3 aromatic heterocycles. The van der Waals surface area contributed by atoms with Crippen molar-refractivity contribution in [2.24, 2.45) is 0 Å². The monoisotopic (exact) mass is 593 g/mol. The van der Waals surface area contributed by atoms with E-state index in [0.717, 1.165) is 21.2 Å². The number of ether oxygens (including phenoxy) is 1. The predicted molar refractivity (Wildman–Crippen MR) is 138 cm³/mol. The Morgan fingerprint density at radius 1 is 1.17 bits per heavy atom. The largest absolute Gasteiger partial charge is 0.480 e. The summed E-state index contributed by atoms with van der Waals surface area (Å²) in [6, 6.07) is 7.07. The number of anilines is 1. The number of pyridine rings is 1. The normalized spacial score (nSPS) is 18.1. The molecule has 1 saturated heterocycles. The summed E-state index contributed by atoms with van der Waals surface area (Å²) in [6.45, 7) is 0.801. The maximum absolute atomic E-state index is 15.0. The second-order valence-electron chi connectivity index (χ2n) is 9.31. The van der Waals surface area contributed by atoms with Gasteiger partial charge in [0.05, 0.1) is 29.3 Å². The quantitative estimate of drug-likeness (QED) is 0.325. The maximum Gasteiger partial charge on any atom is 0.418 e. The molecule has 1 aliphatic heterocycles. The van der Waals surface area contributed by atoms with Crippen LogP contribution in [0.25, 0.3) is 16.8 Å². The molecule has 41 heavy (non-hydrogen) atoms. The molecule has 1 amide bonds. The van der Waals surface area contributed by atoms with Gasteiger partial charge >= 0.3 is 6.18 Å². The number of hydrogen-bond acceptors (Lipinski definition) is 8. The molecule has 1 fully saturated rings. The van der Waals surface area contributed by atoms with Crippen LogP contribution in [0.1, 0.15) is 21.5 Å². The summed E-state index contributed by atoms with van der Waals surface area (Å²) in [4.78, 5) is 21.0. The summed E-state index contributed by atoms with van der Waals surface area (Å²) in [5.74, 6) is -1.46. The van der Waals surface area contributed by atoms with Crippen molar-refractivity contribution in [1.29, 1.82) is 0 Å². The van der Waals surface area contributed by atoms with E-state index in [-0.39, 0.29) is 34.1 Å². The molecular weight excluding hydrogens is 570 g/mol. The van der Waals surface area contributed by atoms with E-state index in [1.807, 2.05) is 0 Å². The van der Waals surface area contributed by atoms with Crippen LogP contribution < -0.4 is 15.8 Å². The Labute approximate surface area is 231 Å². The lowest BCUT2D eigenvalue weighted by atomic mass is 10.1. The van der Waals surface area contributed by atoms with E-state index < -0.39 is 57.8 Å². The van der Waals surface area contributed by atoms with Gasteiger partial charge in [-0.3, -0.25) is 4.79 Å². The standard InChI is InChI=1S/C25H23F4N7O4S/c1-13-5-3-4-6-20(13)41(38,39)35-10-17(26)18(11-35)34-23(37)15-7-14(9-31-24(15)40-2)19-8-16(25(27,28)29)21-22(30)32-12-33-36(19)21/h3-9,12,17-18H,10-11H2,1-2H3,(H,34,37)(H2,30,32,33)/t17-,18+/m0/s1. The van der Waals surface area contributed by atoms with E-state index in [4.69, 9.17) is 10.5 Å². The van der Waals surface area contributed by atoms with Gasteiger partial charge in [-0.1, -0.05) is 18.2 Å². The number of benzene rings is 1. The highest BCUT2D eigenvalue weighted by atomic mass is 32.2. The van der Waals surface area contributed by atoms with E-state index in [1.165, 1.54) is 25.4 Å². The summed E-state index contributed by atoms with van der Waals surface area (Å²) in [7, 11) is -2.81. The Hall–Kier alpha value is -4.31. The number of nitrogens with two attached hydrogens (primary N) is 1. The van der Waals surface area contributed by atoms with Crippen LogP contribution in [0.4, 0.5) is 23.4 Å². The molecule has 0 spiro atoms. The van der Waals surface area contributed by atoms with Gasteiger partial charge in [-0.05, 0) is 30.7 Å². The summed E-state index contributed by atoms with van der Waals surface area (Å²) in [6.07, 6.45) is -4.36. The van der Waals surface area contributed by atoms with Crippen LogP contribution in [-0.4, -0.2) is 70.6 Å². The van der Waals surface area contributed by atoms with Crippen molar-refractivity contribution in [3.05, 3.63) is 65.6 Å². The van der Waals surface area contributed by atoms with Gasteiger partial charge in [0.1, 0.15) is 23.6 Å². The molecule has 0 bridgehead atoms. The SMILES string of the molecule is COc1ncc(-c2cc(C(F)(F)F)c3c(N)ncnn23)cc1C(=O)N[C@@H]1CN(S(=O)(=O)c2ccccc2C)C[C@@H]1F. The Morgan fingerprint density at radius 2 is 1.90 bits per heavy atom. The smallest absolute Gasteiger partial charge is 0.418 e. The number of nitrogen functional groups attached to an aromatic ring is 1. The second kappa shape index (κ2) is 10.3. The Kier molecular flexibility index (Phi) is 7.07. The Morgan fingerprint density at radius 3 is 2.59 bits per heavy atom. The van der Waals surface area contributed by atoms with Crippen LogP contribution in [0.5, 0.6) is 5.88 Å².